The fraction of sp³-hybridized carbons (Fsp3) is 0.308. The molecule has 5 nitrogen and oxygen atoms in total. The van der Waals surface area contributed by atoms with Gasteiger partial charge in [-0.2, -0.15) is 0 Å². The second kappa shape index (κ2) is 9.18. The Labute approximate surface area is 201 Å². The van der Waals surface area contributed by atoms with Gasteiger partial charge in [0, 0.05) is 44.3 Å². The van der Waals surface area contributed by atoms with Crippen LogP contribution in [0.15, 0.2) is 48.7 Å². The van der Waals surface area contributed by atoms with E-state index in [2.05, 4.69) is 9.97 Å². The molecule has 176 valence electrons. The lowest BCUT2D eigenvalue weighted by Gasteiger charge is -2.22. The highest BCUT2D eigenvalue weighted by molar-refractivity contribution is 7.19. The van der Waals surface area contributed by atoms with Gasteiger partial charge in [-0.25, -0.2) is 13.8 Å². The maximum absolute atomic E-state index is 14.0. The van der Waals surface area contributed by atoms with Gasteiger partial charge in [0.25, 0.3) is 5.91 Å². The van der Waals surface area contributed by atoms with E-state index in [-0.39, 0.29) is 17.5 Å². The first-order chi connectivity index (χ1) is 16.4. The van der Waals surface area contributed by atoms with Gasteiger partial charge in [-0.1, -0.05) is 23.5 Å². The molecule has 1 aliphatic carbocycles. The van der Waals surface area contributed by atoms with Crippen LogP contribution in [0.25, 0.3) is 21.3 Å². The second-order valence-corrected chi connectivity index (χ2v) is 10.0. The van der Waals surface area contributed by atoms with E-state index in [1.54, 1.807) is 12.1 Å². The molecule has 0 unspecified atom stereocenters. The number of carbonyl (C=O) groups excluding carboxylic acids is 1. The van der Waals surface area contributed by atoms with Crippen molar-refractivity contribution in [2.75, 3.05) is 32.1 Å². The van der Waals surface area contributed by atoms with Crippen LogP contribution in [0.4, 0.5) is 13.9 Å². The van der Waals surface area contributed by atoms with Crippen LogP contribution in [0.2, 0.25) is 0 Å². The molecule has 4 aromatic rings. The number of hydrogen-bond acceptors (Lipinski definition) is 4. The maximum Gasteiger partial charge on any atom is 0.274 e. The molecule has 1 N–H and O–H groups in total. The molecule has 8 heteroatoms. The van der Waals surface area contributed by atoms with E-state index in [9.17, 15) is 13.6 Å². The average molecular weight is 481 g/mol. The zero-order chi connectivity index (χ0) is 23.8. The molecule has 2 aromatic carbocycles. The molecule has 1 amide bonds. The third-order valence-corrected chi connectivity index (χ3v) is 7.40. The lowest BCUT2D eigenvalue weighted by atomic mass is 10.1. The number of aromatic amines is 1. The van der Waals surface area contributed by atoms with Crippen LogP contribution in [-0.2, 0) is 6.42 Å². The standard InChI is InChI=1S/C26H26F2N4OS/c1-31(2)26-30-23(24(34-26)17-4-3-5-19(27)12-17)25(33)32(15-16-6-7-16)11-10-18-14-29-22-13-20(28)8-9-21(18)22/h3-5,8-9,12-14,16,29H,6-7,10-11,15H2,1-2H3. The number of hydrogen-bond donors (Lipinski definition) is 1. The lowest BCUT2D eigenvalue weighted by molar-refractivity contribution is 0.0745. The van der Waals surface area contributed by atoms with Gasteiger partial charge >= 0.3 is 0 Å². The van der Waals surface area contributed by atoms with Crippen LogP contribution < -0.4 is 4.90 Å². The van der Waals surface area contributed by atoms with Crippen molar-refractivity contribution in [2.45, 2.75) is 19.3 Å². The second-order valence-electron chi connectivity index (χ2n) is 9.03. The van der Waals surface area contributed by atoms with E-state index in [1.165, 1.54) is 35.6 Å². The summed E-state index contributed by atoms with van der Waals surface area (Å²) in [5.74, 6) is -0.259. The highest BCUT2D eigenvalue weighted by Crippen LogP contribution is 2.36. The molecule has 0 bridgehead atoms. The number of rotatable bonds is 8. The fourth-order valence-corrected chi connectivity index (χ4v) is 5.11. The van der Waals surface area contributed by atoms with Crippen molar-refractivity contribution in [3.05, 3.63) is 71.6 Å². The number of benzene rings is 2. The SMILES string of the molecule is CN(C)c1nc(C(=O)N(CCc2c[nH]c3cc(F)ccc23)CC2CC2)c(-c2cccc(F)c2)s1. The molecule has 5 rings (SSSR count). The largest absolute Gasteiger partial charge is 0.361 e. The summed E-state index contributed by atoms with van der Waals surface area (Å²) >= 11 is 1.39. The van der Waals surface area contributed by atoms with Crippen LogP contribution >= 0.6 is 11.3 Å². The Kier molecular flexibility index (Phi) is 6.08. The number of nitrogens with one attached hydrogen (secondary N) is 1. The third-order valence-electron chi connectivity index (χ3n) is 6.13. The van der Waals surface area contributed by atoms with Crippen molar-refractivity contribution in [3.8, 4) is 10.4 Å². The molecule has 0 aliphatic heterocycles. The monoisotopic (exact) mass is 480 g/mol. The molecule has 2 heterocycles. The Morgan fingerprint density at radius 3 is 2.68 bits per heavy atom. The van der Waals surface area contributed by atoms with Gasteiger partial charge in [-0.05, 0) is 66.6 Å². The van der Waals surface area contributed by atoms with E-state index >= 15 is 0 Å². The van der Waals surface area contributed by atoms with Crippen molar-refractivity contribution in [2.24, 2.45) is 5.92 Å². The van der Waals surface area contributed by atoms with E-state index in [0.29, 0.717) is 46.7 Å². The number of halogens is 2. The summed E-state index contributed by atoms with van der Waals surface area (Å²) in [6.07, 6.45) is 4.76. The minimum atomic E-state index is -0.346. The first-order valence-corrected chi connectivity index (χ1v) is 12.2. The van der Waals surface area contributed by atoms with E-state index in [0.717, 1.165) is 29.3 Å². The van der Waals surface area contributed by atoms with E-state index in [4.69, 9.17) is 0 Å². The minimum absolute atomic E-state index is 0.138. The van der Waals surface area contributed by atoms with E-state index < -0.39 is 0 Å². The predicted octanol–water partition coefficient (Wildman–Crippen LogP) is 5.73. The molecule has 1 aliphatic rings. The molecule has 34 heavy (non-hydrogen) atoms. The number of amides is 1. The molecule has 0 spiro atoms. The Balaban J connectivity index is 1.45. The van der Waals surface area contributed by atoms with Gasteiger partial charge in [-0.3, -0.25) is 4.79 Å². The zero-order valence-corrected chi connectivity index (χ0v) is 20.0. The Hall–Kier alpha value is -3.26. The fourth-order valence-electron chi connectivity index (χ4n) is 4.13. The average Bonchev–Trinajstić information content (AvgIpc) is 3.37. The van der Waals surface area contributed by atoms with Gasteiger partial charge in [0.15, 0.2) is 5.13 Å². The lowest BCUT2D eigenvalue weighted by Crippen LogP contribution is -2.35. The Morgan fingerprint density at radius 2 is 1.94 bits per heavy atom. The number of anilines is 1. The van der Waals surface area contributed by atoms with Crippen LogP contribution in [-0.4, -0.2) is 48.0 Å². The number of carbonyl (C=O) groups is 1. The normalized spacial score (nSPS) is 13.4. The van der Waals surface area contributed by atoms with Gasteiger partial charge in [0.1, 0.15) is 17.3 Å². The van der Waals surface area contributed by atoms with Crippen LogP contribution in [0.1, 0.15) is 28.9 Å². The number of aromatic nitrogens is 2. The maximum atomic E-state index is 14.0. The summed E-state index contributed by atoms with van der Waals surface area (Å²) < 4.78 is 27.5. The van der Waals surface area contributed by atoms with Gasteiger partial charge in [0.05, 0.1) is 4.88 Å². The van der Waals surface area contributed by atoms with Crippen molar-refractivity contribution in [1.29, 1.82) is 0 Å². The highest BCUT2D eigenvalue weighted by Gasteiger charge is 2.30. The number of nitrogens with zero attached hydrogens (tertiary/aromatic N) is 3. The molecular formula is C26H26F2N4OS. The summed E-state index contributed by atoms with van der Waals surface area (Å²) in [7, 11) is 3.76. The minimum Gasteiger partial charge on any atom is -0.361 e. The predicted molar refractivity (Wildman–Crippen MR) is 132 cm³/mol. The van der Waals surface area contributed by atoms with Crippen LogP contribution in [0, 0.1) is 17.6 Å². The summed E-state index contributed by atoms with van der Waals surface area (Å²) in [6.45, 7) is 1.20. The molecule has 1 saturated carbocycles. The Morgan fingerprint density at radius 1 is 1.15 bits per heavy atom. The van der Waals surface area contributed by atoms with Crippen molar-refractivity contribution < 1.29 is 13.6 Å². The Bertz CT molecular complexity index is 1340. The van der Waals surface area contributed by atoms with Crippen LogP contribution in [0.3, 0.4) is 0 Å². The van der Waals surface area contributed by atoms with Gasteiger partial charge < -0.3 is 14.8 Å². The molecular weight excluding hydrogens is 454 g/mol. The zero-order valence-electron chi connectivity index (χ0n) is 19.1. The molecule has 0 saturated heterocycles. The van der Waals surface area contributed by atoms with Crippen molar-refractivity contribution >= 4 is 33.3 Å². The van der Waals surface area contributed by atoms with Gasteiger partial charge in [0.2, 0.25) is 0 Å². The smallest absolute Gasteiger partial charge is 0.274 e. The van der Waals surface area contributed by atoms with Gasteiger partial charge in [-0.15, -0.1) is 0 Å². The van der Waals surface area contributed by atoms with Crippen molar-refractivity contribution in [3.63, 3.8) is 0 Å². The van der Waals surface area contributed by atoms with Crippen LogP contribution in [0.5, 0.6) is 0 Å². The summed E-state index contributed by atoms with van der Waals surface area (Å²) in [4.78, 5) is 26.0. The quantitative estimate of drug-likeness (QED) is 0.350. The first kappa shape index (κ1) is 22.5. The topological polar surface area (TPSA) is 52.2 Å². The summed E-state index contributed by atoms with van der Waals surface area (Å²) in [5, 5.41) is 1.66. The summed E-state index contributed by atoms with van der Waals surface area (Å²) in [6, 6.07) is 11.0. The first-order valence-electron chi connectivity index (χ1n) is 11.4. The molecule has 1 fully saturated rings. The van der Waals surface area contributed by atoms with Crippen molar-refractivity contribution in [1.82, 2.24) is 14.9 Å². The molecule has 2 aromatic heterocycles. The highest BCUT2D eigenvalue weighted by atomic mass is 32.1. The molecule has 0 radical (unpaired) electrons. The summed E-state index contributed by atoms with van der Waals surface area (Å²) in [5.41, 5.74) is 2.81. The number of thiazole rings is 1. The van der Waals surface area contributed by atoms with E-state index in [1.807, 2.05) is 36.2 Å². The number of H-pyrrole nitrogens is 1. The molecule has 0 atom stereocenters. The third kappa shape index (κ3) is 4.68. The number of fused-ring (bicyclic) bond motifs is 1.